The quantitative estimate of drug-likeness (QED) is 0.922. The number of hydrogen-bond acceptors (Lipinski definition) is 3. The fraction of sp³-hybridized carbons (Fsp3) is 0.357. The Labute approximate surface area is 121 Å². The molecule has 0 aliphatic carbocycles. The van der Waals surface area contributed by atoms with Crippen molar-refractivity contribution >= 4 is 11.6 Å². The van der Waals surface area contributed by atoms with Gasteiger partial charge in [0.1, 0.15) is 17.7 Å². The number of hydrogen-bond donors (Lipinski definition) is 1. The van der Waals surface area contributed by atoms with Crippen LogP contribution in [0.25, 0.3) is 0 Å². The summed E-state index contributed by atoms with van der Waals surface area (Å²) in [5, 5.41) is 14.8. The maximum absolute atomic E-state index is 14.0. The second-order valence-corrected chi connectivity index (χ2v) is 4.80. The predicted octanol–water partition coefficient (Wildman–Crippen LogP) is 3.18. The minimum absolute atomic E-state index is 0.144. The Morgan fingerprint density at radius 2 is 2.25 bits per heavy atom. The molecule has 20 heavy (non-hydrogen) atoms. The first kappa shape index (κ1) is 14.8. The number of aliphatic hydroxyl groups excluding tert-OH is 1. The molecule has 0 aliphatic heterocycles. The summed E-state index contributed by atoms with van der Waals surface area (Å²) < 4.78 is 20.6. The van der Waals surface area contributed by atoms with Gasteiger partial charge in [-0.15, -0.1) is 0 Å². The molecule has 2 aromatic rings. The second kappa shape index (κ2) is 6.24. The summed E-state index contributed by atoms with van der Waals surface area (Å²) in [6, 6.07) is 4.31. The van der Waals surface area contributed by atoms with Crippen LogP contribution in [0.3, 0.4) is 0 Å². The summed E-state index contributed by atoms with van der Waals surface area (Å²) in [6.07, 6.45) is 1.13. The Morgan fingerprint density at radius 1 is 1.50 bits per heavy atom. The number of aliphatic hydroxyl groups is 1. The molecular formula is C14H16ClFN2O2. The van der Waals surface area contributed by atoms with Crippen LogP contribution in [0.1, 0.15) is 30.7 Å². The highest BCUT2D eigenvalue weighted by Gasteiger charge is 2.22. The summed E-state index contributed by atoms with van der Waals surface area (Å²) in [4.78, 5) is 0. The molecule has 1 heterocycles. The van der Waals surface area contributed by atoms with Crippen molar-refractivity contribution in [2.75, 3.05) is 7.11 Å². The van der Waals surface area contributed by atoms with Crippen LogP contribution >= 0.6 is 11.6 Å². The van der Waals surface area contributed by atoms with Crippen LogP contribution in [-0.4, -0.2) is 22.0 Å². The number of aryl methyl sites for hydroxylation is 1. The van der Waals surface area contributed by atoms with Gasteiger partial charge in [-0.3, -0.25) is 4.68 Å². The van der Waals surface area contributed by atoms with Crippen LogP contribution < -0.4 is 4.74 Å². The van der Waals surface area contributed by atoms with Crippen molar-refractivity contribution in [1.82, 2.24) is 9.78 Å². The first-order valence-electron chi connectivity index (χ1n) is 6.31. The summed E-state index contributed by atoms with van der Waals surface area (Å²) >= 11 is 6.05. The molecular weight excluding hydrogens is 283 g/mol. The summed E-state index contributed by atoms with van der Waals surface area (Å²) in [7, 11) is 1.46. The highest BCUT2D eigenvalue weighted by molar-refractivity contribution is 6.31. The molecule has 4 nitrogen and oxygen atoms in total. The lowest BCUT2D eigenvalue weighted by atomic mass is 10.1. The lowest BCUT2D eigenvalue weighted by Gasteiger charge is -2.15. The number of rotatable bonds is 5. The highest BCUT2D eigenvalue weighted by Crippen LogP contribution is 2.31. The number of nitrogens with zero attached hydrogens (tertiary/aromatic N) is 2. The zero-order chi connectivity index (χ0) is 14.7. The Balaban J connectivity index is 2.40. The minimum Gasteiger partial charge on any atom is -0.497 e. The monoisotopic (exact) mass is 298 g/mol. The lowest BCUT2D eigenvalue weighted by molar-refractivity contribution is 0.202. The number of halogens is 2. The van der Waals surface area contributed by atoms with Crippen LogP contribution in [0.5, 0.6) is 5.75 Å². The van der Waals surface area contributed by atoms with Gasteiger partial charge >= 0.3 is 0 Å². The standard InChI is InChI=1S/C14H16ClFN2O2/c1-3-6-18-13(11(15)8-17-18)14(19)10-5-4-9(20-2)7-12(10)16/h4-5,7-8,14,19H,3,6H2,1-2H3. The fourth-order valence-corrected chi connectivity index (χ4v) is 2.28. The molecule has 1 atom stereocenters. The maximum Gasteiger partial charge on any atom is 0.133 e. The molecule has 1 unspecified atom stereocenters. The molecule has 0 saturated carbocycles. The number of ether oxygens (including phenoxy) is 1. The van der Waals surface area contributed by atoms with Gasteiger partial charge in [0.2, 0.25) is 0 Å². The summed E-state index contributed by atoms with van der Waals surface area (Å²) in [5.74, 6) is -0.149. The van der Waals surface area contributed by atoms with E-state index in [1.54, 1.807) is 10.7 Å². The first-order valence-corrected chi connectivity index (χ1v) is 6.69. The lowest BCUT2D eigenvalue weighted by Crippen LogP contribution is -2.12. The average molecular weight is 299 g/mol. The van der Waals surface area contributed by atoms with Gasteiger partial charge in [0, 0.05) is 18.2 Å². The maximum atomic E-state index is 14.0. The third-order valence-electron chi connectivity index (χ3n) is 3.03. The van der Waals surface area contributed by atoms with Gasteiger partial charge in [0.05, 0.1) is 24.0 Å². The molecule has 1 aromatic carbocycles. The number of methoxy groups -OCH3 is 1. The number of aromatic nitrogens is 2. The third kappa shape index (κ3) is 2.78. The van der Waals surface area contributed by atoms with Crippen molar-refractivity contribution in [2.24, 2.45) is 0 Å². The van der Waals surface area contributed by atoms with Crippen LogP contribution in [0.4, 0.5) is 4.39 Å². The molecule has 108 valence electrons. The summed E-state index contributed by atoms with van der Waals surface area (Å²) in [6.45, 7) is 2.59. The largest absolute Gasteiger partial charge is 0.497 e. The van der Waals surface area contributed by atoms with E-state index in [1.165, 1.54) is 25.4 Å². The molecule has 1 aromatic heterocycles. The van der Waals surface area contributed by atoms with E-state index >= 15 is 0 Å². The molecule has 0 radical (unpaired) electrons. The van der Waals surface area contributed by atoms with Crippen molar-refractivity contribution in [3.05, 3.63) is 46.5 Å². The van der Waals surface area contributed by atoms with Crippen LogP contribution in [0, 0.1) is 5.82 Å². The minimum atomic E-state index is -1.16. The first-order chi connectivity index (χ1) is 9.58. The highest BCUT2D eigenvalue weighted by atomic mass is 35.5. The Hall–Kier alpha value is -1.59. The van der Waals surface area contributed by atoms with Gasteiger partial charge in [-0.1, -0.05) is 18.5 Å². The van der Waals surface area contributed by atoms with Crippen molar-refractivity contribution in [3.63, 3.8) is 0 Å². The molecule has 0 spiro atoms. The Bertz CT molecular complexity index is 601. The SMILES string of the molecule is CCCn1ncc(Cl)c1C(O)c1ccc(OC)cc1F. The van der Waals surface area contributed by atoms with Crippen LogP contribution in [0.15, 0.2) is 24.4 Å². The van der Waals surface area contributed by atoms with E-state index in [-0.39, 0.29) is 5.56 Å². The van der Waals surface area contributed by atoms with Crippen molar-refractivity contribution in [1.29, 1.82) is 0 Å². The number of benzene rings is 1. The topological polar surface area (TPSA) is 47.3 Å². The molecule has 1 N–H and O–H groups in total. The zero-order valence-electron chi connectivity index (χ0n) is 11.3. The molecule has 0 fully saturated rings. The van der Waals surface area contributed by atoms with Gasteiger partial charge in [0.25, 0.3) is 0 Å². The van der Waals surface area contributed by atoms with Gasteiger partial charge in [-0.2, -0.15) is 5.10 Å². The molecule has 0 amide bonds. The van der Waals surface area contributed by atoms with E-state index in [0.29, 0.717) is 23.0 Å². The average Bonchev–Trinajstić information content (AvgIpc) is 2.79. The van der Waals surface area contributed by atoms with E-state index in [0.717, 1.165) is 6.42 Å². The Kier molecular flexibility index (Phi) is 4.62. The molecule has 0 bridgehead atoms. The van der Waals surface area contributed by atoms with Crippen LogP contribution in [0.2, 0.25) is 5.02 Å². The van der Waals surface area contributed by atoms with Crippen molar-refractivity contribution < 1.29 is 14.2 Å². The van der Waals surface area contributed by atoms with Gasteiger partial charge in [0.15, 0.2) is 0 Å². The fourth-order valence-electron chi connectivity index (χ4n) is 2.04. The van der Waals surface area contributed by atoms with Crippen LogP contribution in [-0.2, 0) is 6.54 Å². The van der Waals surface area contributed by atoms with E-state index < -0.39 is 11.9 Å². The Morgan fingerprint density at radius 3 is 2.85 bits per heavy atom. The summed E-state index contributed by atoms with van der Waals surface area (Å²) in [5.41, 5.74) is 0.545. The van der Waals surface area contributed by atoms with E-state index in [1.807, 2.05) is 6.92 Å². The molecule has 2 rings (SSSR count). The van der Waals surface area contributed by atoms with Crippen molar-refractivity contribution in [3.8, 4) is 5.75 Å². The second-order valence-electron chi connectivity index (χ2n) is 4.39. The van der Waals surface area contributed by atoms with E-state index in [4.69, 9.17) is 16.3 Å². The zero-order valence-corrected chi connectivity index (χ0v) is 12.1. The molecule has 6 heteroatoms. The van der Waals surface area contributed by atoms with Crippen molar-refractivity contribution in [2.45, 2.75) is 26.0 Å². The van der Waals surface area contributed by atoms with Gasteiger partial charge < -0.3 is 9.84 Å². The normalized spacial score (nSPS) is 12.4. The molecule has 0 aliphatic rings. The van der Waals surface area contributed by atoms with Gasteiger partial charge in [-0.25, -0.2) is 4.39 Å². The van der Waals surface area contributed by atoms with Gasteiger partial charge in [-0.05, 0) is 18.6 Å². The van der Waals surface area contributed by atoms with E-state index in [2.05, 4.69) is 5.10 Å². The van der Waals surface area contributed by atoms with E-state index in [9.17, 15) is 9.50 Å². The predicted molar refractivity (Wildman–Crippen MR) is 74.5 cm³/mol. The smallest absolute Gasteiger partial charge is 0.133 e. The molecule has 0 saturated heterocycles. The third-order valence-corrected chi connectivity index (χ3v) is 3.32.